The zero-order valence-electron chi connectivity index (χ0n) is 18.7. The molecule has 0 aliphatic rings. The Bertz CT molecular complexity index is 1470. The normalized spacial score (nSPS) is 11.1. The van der Waals surface area contributed by atoms with Gasteiger partial charge in [-0.25, -0.2) is 15.0 Å². The highest BCUT2D eigenvalue weighted by Crippen LogP contribution is 2.34. The van der Waals surface area contributed by atoms with E-state index in [2.05, 4.69) is 42.1 Å². The third kappa shape index (κ3) is 5.28. The molecule has 2 N–H and O–H groups in total. The van der Waals surface area contributed by atoms with Gasteiger partial charge in [-0.05, 0) is 38.8 Å². The fourth-order valence-electron chi connectivity index (χ4n) is 2.97. The van der Waals surface area contributed by atoms with Crippen LogP contribution in [-0.4, -0.2) is 48.6 Å². The first-order valence-electron chi connectivity index (χ1n) is 10.00. The summed E-state index contributed by atoms with van der Waals surface area (Å²) in [6.07, 6.45) is 4.45. The van der Waals surface area contributed by atoms with E-state index >= 15 is 0 Å². The minimum Gasteiger partial charge on any atom is -0.494 e. The number of thiazole rings is 1. The van der Waals surface area contributed by atoms with E-state index in [4.69, 9.17) is 16.3 Å². The van der Waals surface area contributed by atoms with E-state index in [1.54, 1.807) is 26.0 Å². The Morgan fingerprint density at radius 1 is 1.15 bits per heavy atom. The lowest BCUT2D eigenvalue weighted by Gasteiger charge is -2.13. The predicted octanol–water partition coefficient (Wildman–Crippen LogP) is 3.89. The number of hydrogen-bond donors (Lipinski definition) is 2. The minimum absolute atomic E-state index is 0.267. The van der Waals surface area contributed by atoms with Crippen molar-refractivity contribution in [3.8, 4) is 28.7 Å². The molecule has 0 aromatic carbocycles. The number of anilines is 1. The van der Waals surface area contributed by atoms with Gasteiger partial charge in [-0.3, -0.25) is 15.1 Å². The van der Waals surface area contributed by atoms with Crippen LogP contribution in [0.2, 0.25) is 5.15 Å². The van der Waals surface area contributed by atoms with Crippen molar-refractivity contribution in [1.82, 2.24) is 24.9 Å². The Morgan fingerprint density at radius 3 is 2.68 bits per heavy atom. The molecule has 1 amide bonds. The van der Waals surface area contributed by atoms with Gasteiger partial charge in [0.1, 0.15) is 22.2 Å². The van der Waals surface area contributed by atoms with Crippen LogP contribution < -0.4 is 10.1 Å². The highest BCUT2D eigenvalue weighted by atomic mass is 35.5. The molecular formula is C23H19ClN6O3S. The number of aryl methyl sites for hydroxylation is 1. The fourth-order valence-corrected chi connectivity index (χ4v) is 3.92. The predicted molar refractivity (Wildman–Crippen MR) is 130 cm³/mol. The number of carbonyl (C=O) groups excluding carboxylic acids is 1. The first kappa shape index (κ1) is 23.5. The summed E-state index contributed by atoms with van der Waals surface area (Å²) in [4.78, 5) is 35.0. The van der Waals surface area contributed by atoms with Crippen LogP contribution in [0.1, 0.15) is 35.6 Å². The van der Waals surface area contributed by atoms with Crippen molar-refractivity contribution >= 4 is 44.5 Å². The molecule has 0 unspecified atom stereocenters. The van der Waals surface area contributed by atoms with Gasteiger partial charge in [-0.2, -0.15) is 4.98 Å². The zero-order chi connectivity index (χ0) is 24.5. The second-order valence-electron chi connectivity index (χ2n) is 7.74. The fraction of sp³-hybridized carbons (Fsp3) is 0.217. The number of methoxy groups -OCH3 is 1. The summed E-state index contributed by atoms with van der Waals surface area (Å²) in [7, 11) is 1.52. The molecular weight excluding hydrogens is 476 g/mol. The summed E-state index contributed by atoms with van der Waals surface area (Å²) in [5.41, 5.74) is 1.85. The van der Waals surface area contributed by atoms with Crippen molar-refractivity contribution in [1.29, 1.82) is 0 Å². The molecule has 172 valence electrons. The number of halogens is 1. The summed E-state index contributed by atoms with van der Waals surface area (Å²) in [6.45, 7) is 4.98. The van der Waals surface area contributed by atoms with Gasteiger partial charge in [-0.1, -0.05) is 28.9 Å². The maximum absolute atomic E-state index is 13.2. The van der Waals surface area contributed by atoms with Gasteiger partial charge in [-0.15, -0.1) is 0 Å². The van der Waals surface area contributed by atoms with Gasteiger partial charge in [0.15, 0.2) is 15.6 Å². The van der Waals surface area contributed by atoms with E-state index < -0.39 is 11.5 Å². The van der Waals surface area contributed by atoms with Crippen molar-refractivity contribution in [2.45, 2.75) is 26.4 Å². The Hall–Kier alpha value is -3.65. The molecule has 0 radical (unpaired) electrons. The second-order valence-corrected chi connectivity index (χ2v) is 9.11. The maximum atomic E-state index is 13.2. The molecule has 34 heavy (non-hydrogen) atoms. The first-order valence-corrected chi connectivity index (χ1v) is 11.2. The molecule has 0 saturated heterocycles. The van der Waals surface area contributed by atoms with E-state index in [1.165, 1.54) is 25.7 Å². The Labute approximate surface area is 204 Å². The lowest BCUT2D eigenvalue weighted by atomic mass is 10.0. The van der Waals surface area contributed by atoms with Gasteiger partial charge in [0.2, 0.25) is 0 Å². The Balaban J connectivity index is 1.67. The van der Waals surface area contributed by atoms with Crippen LogP contribution in [0.5, 0.6) is 5.75 Å². The maximum Gasteiger partial charge on any atom is 0.259 e. The van der Waals surface area contributed by atoms with Crippen molar-refractivity contribution in [2.24, 2.45) is 0 Å². The smallest absolute Gasteiger partial charge is 0.259 e. The average Bonchev–Trinajstić information content (AvgIpc) is 3.18. The lowest BCUT2D eigenvalue weighted by molar-refractivity contribution is 0.102. The zero-order valence-corrected chi connectivity index (χ0v) is 20.2. The summed E-state index contributed by atoms with van der Waals surface area (Å²) in [6, 6.07) is 3.41. The standard InChI is InChI=1S/C23H19ClN6O3S/c1-12-7-14(15-8-18(24)26-11-17(15)33-4)16(10-25-12)20(31)30-22-29-19-21(34-22)28-13(9-27-19)5-6-23(2,3)32/h7-11,32H,1-4H3,(H,27,29,30,31). The van der Waals surface area contributed by atoms with Crippen LogP contribution in [0.25, 0.3) is 21.6 Å². The summed E-state index contributed by atoms with van der Waals surface area (Å²) in [5.74, 6) is 5.52. The molecule has 0 saturated carbocycles. The Kier molecular flexibility index (Phi) is 6.43. The highest BCUT2D eigenvalue weighted by Gasteiger charge is 2.19. The minimum atomic E-state index is -1.15. The van der Waals surface area contributed by atoms with E-state index in [0.717, 1.165) is 17.0 Å². The number of ether oxygens (including phenoxy) is 1. The molecule has 11 heteroatoms. The van der Waals surface area contributed by atoms with Gasteiger partial charge in [0, 0.05) is 23.0 Å². The number of hydrogen-bond acceptors (Lipinski definition) is 9. The molecule has 0 aliphatic carbocycles. The number of rotatable bonds is 4. The number of amides is 1. The molecule has 9 nitrogen and oxygen atoms in total. The van der Waals surface area contributed by atoms with Crippen molar-refractivity contribution < 1.29 is 14.6 Å². The van der Waals surface area contributed by atoms with Gasteiger partial charge >= 0.3 is 0 Å². The highest BCUT2D eigenvalue weighted by molar-refractivity contribution is 7.21. The molecule has 4 rings (SSSR count). The van der Waals surface area contributed by atoms with E-state index in [1.807, 2.05) is 6.92 Å². The third-order valence-corrected chi connectivity index (χ3v) is 5.53. The average molecular weight is 495 g/mol. The number of nitrogens with one attached hydrogen (secondary N) is 1. The number of aromatic nitrogens is 5. The third-order valence-electron chi connectivity index (χ3n) is 4.47. The van der Waals surface area contributed by atoms with Crippen molar-refractivity contribution in [2.75, 3.05) is 12.4 Å². The molecule has 4 aromatic heterocycles. The van der Waals surface area contributed by atoms with E-state index in [-0.39, 0.29) is 5.15 Å². The van der Waals surface area contributed by atoms with E-state index in [0.29, 0.717) is 43.7 Å². The van der Waals surface area contributed by atoms with Crippen LogP contribution in [0, 0.1) is 18.8 Å². The Morgan fingerprint density at radius 2 is 1.94 bits per heavy atom. The van der Waals surface area contributed by atoms with Crippen LogP contribution in [0.3, 0.4) is 0 Å². The van der Waals surface area contributed by atoms with Crippen LogP contribution >= 0.6 is 22.9 Å². The van der Waals surface area contributed by atoms with E-state index in [9.17, 15) is 9.90 Å². The van der Waals surface area contributed by atoms with Gasteiger partial charge < -0.3 is 9.84 Å². The topological polar surface area (TPSA) is 123 Å². The molecule has 0 aliphatic heterocycles. The number of aliphatic hydroxyl groups is 1. The van der Waals surface area contributed by atoms with Gasteiger partial charge in [0.25, 0.3) is 5.91 Å². The molecule has 0 bridgehead atoms. The molecule has 0 spiro atoms. The lowest BCUT2D eigenvalue weighted by Crippen LogP contribution is -2.14. The molecule has 4 aromatic rings. The van der Waals surface area contributed by atoms with Crippen molar-refractivity contribution in [3.05, 3.63) is 52.8 Å². The van der Waals surface area contributed by atoms with Crippen LogP contribution in [-0.2, 0) is 0 Å². The number of pyridine rings is 2. The first-order chi connectivity index (χ1) is 16.1. The summed E-state index contributed by atoms with van der Waals surface area (Å²) in [5, 5.41) is 13.1. The SMILES string of the molecule is COc1cnc(Cl)cc1-c1cc(C)ncc1C(=O)Nc1nc2ncc(C#CC(C)(C)O)nc2s1. The summed E-state index contributed by atoms with van der Waals surface area (Å²) < 4.78 is 5.41. The molecule has 0 fully saturated rings. The van der Waals surface area contributed by atoms with Crippen molar-refractivity contribution in [3.63, 3.8) is 0 Å². The summed E-state index contributed by atoms with van der Waals surface area (Å²) >= 11 is 7.26. The molecule has 0 atom stereocenters. The van der Waals surface area contributed by atoms with Crippen LogP contribution in [0.4, 0.5) is 5.13 Å². The monoisotopic (exact) mass is 494 g/mol. The largest absolute Gasteiger partial charge is 0.494 e. The number of fused-ring (bicyclic) bond motifs is 1. The van der Waals surface area contributed by atoms with Gasteiger partial charge in [0.05, 0.1) is 25.1 Å². The van der Waals surface area contributed by atoms with Crippen LogP contribution in [0.15, 0.2) is 30.7 Å². The second kappa shape index (κ2) is 9.30. The number of nitrogens with zero attached hydrogens (tertiary/aromatic N) is 5. The number of carbonyl (C=O) groups is 1. The quantitative estimate of drug-likeness (QED) is 0.323. The molecule has 4 heterocycles.